The molecule has 2 unspecified atom stereocenters. The molecule has 0 spiro atoms. The topological polar surface area (TPSA) is 32.3 Å². The molecule has 1 aromatic rings. The van der Waals surface area contributed by atoms with Crippen LogP contribution < -0.4 is 5.32 Å². The van der Waals surface area contributed by atoms with Gasteiger partial charge in [0.25, 0.3) is 0 Å². The Kier molecular flexibility index (Phi) is 4.10. The number of hydrogen-bond donors (Lipinski definition) is 1. The van der Waals surface area contributed by atoms with Gasteiger partial charge >= 0.3 is 0 Å². The van der Waals surface area contributed by atoms with Gasteiger partial charge in [-0.2, -0.15) is 0 Å². The van der Waals surface area contributed by atoms with Crippen LogP contribution >= 0.6 is 11.3 Å². The van der Waals surface area contributed by atoms with Crippen molar-refractivity contribution in [2.75, 3.05) is 6.54 Å². The molecule has 1 N–H and O–H groups in total. The molecule has 116 valence electrons. The van der Waals surface area contributed by atoms with Crippen molar-refractivity contribution >= 4 is 17.2 Å². The summed E-state index contributed by atoms with van der Waals surface area (Å²) in [6, 6.07) is 4.32. The minimum absolute atomic E-state index is 0.00797. The van der Waals surface area contributed by atoms with Gasteiger partial charge in [-0.1, -0.05) is 20.3 Å². The molecule has 2 heterocycles. The first-order valence-corrected chi connectivity index (χ1v) is 9.03. The van der Waals surface area contributed by atoms with Gasteiger partial charge in [0, 0.05) is 16.3 Å². The number of carbonyl (C=O) groups is 1. The Balaban J connectivity index is 1.84. The van der Waals surface area contributed by atoms with Crippen LogP contribution in [0, 0.1) is 12.3 Å². The van der Waals surface area contributed by atoms with E-state index in [1.165, 1.54) is 35.4 Å². The second-order valence-electron chi connectivity index (χ2n) is 6.65. The average molecular weight is 306 g/mol. The summed E-state index contributed by atoms with van der Waals surface area (Å²) >= 11 is 1.81. The second kappa shape index (κ2) is 5.73. The van der Waals surface area contributed by atoms with Crippen LogP contribution in [0.2, 0.25) is 0 Å². The summed E-state index contributed by atoms with van der Waals surface area (Å²) in [5.41, 5.74) is 0.379. The first kappa shape index (κ1) is 15.0. The van der Waals surface area contributed by atoms with E-state index in [1.54, 1.807) is 11.3 Å². The summed E-state index contributed by atoms with van der Waals surface area (Å²) in [4.78, 5) is 17.4. The molecule has 2 aliphatic rings. The molecule has 1 saturated heterocycles. The molecule has 1 amide bonds. The van der Waals surface area contributed by atoms with E-state index < -0.39 is 0 Å². The third-order valence-corrected chi connectivity index (χ3v) is 6.41. The molecule has 2 fully saturated rings. The van der Waals surface area contributed by atoms with Gasteiger partial charge in [0.15, 0.2) is 0 Å². The number of amides is 1. The fourth-order valence-electron chi connectivity index (χ4n) is 3.64. The lowest BCUT2D eigenvalue weighted by Crippen LogP contribution is -2.44. The zero-order chi connectivity index (χ0) is 15.0. The lowest BCUT2D eigenvalue weighted by atomic mass is 9.66. The number of aryl methyl sites for hydroxylation is 1. The van der Waals surface area contributed by atoms with Crippen molar-refractivity contribution in [1.29, 1.82) is 0 Å². The van der Waals surface area contributed by atoms with E-state index in [4.69, 9.17) is 0 Å². The van der Waals surface area contributed by atoms with Crippen LogP contribution in [0.4, 0.5) is 0 Å². The normalized spacial score (nSPS) is 28.0. The van der Waals surface area contributed by atoms with E-state index >= 15 is 0 Å². The van der Waals surface area contributed by atoms with Gasteiger partial charge < -0.3 is 4.90 Å². The predicted octanol–water partition coefficient (Wildman–Crippen LogP) is 3.85. The van der Waals surface area contributed by atoms with Crippen LogP contribution in [0.3, 0.4) is 0 Å². The highest BCUT2D eigenvalue weighted by Gasteiger charge is 2.45. The smallest absolute Gasteiger partial charge is 0.241 e. The highest BCUT2D eigenvalue weighted by atomic mass is 32.1. The summed E-state index contributed by atoms with van der Waals surface area (Å²) in [5, 5.41) is 3.55. The minimum Gasteiger partial charge on any atom is -0.320 e. The Morgan fingerprint density at radius 2 is 2.14 bits per heavy atom. The maximum atomic E-state index is 12.7. The predicted molar refractivity (Wildman–Crippen MR) is 87.3 cm³/mol. The number of nitrogens with zero attached hydrogens (tertiary/aromatic N) is 1. The fourth-order valence-corrected chi connectivity index (χ4v) is 4.59. The Bertz CT molecular complexity index is 515. The third kappa shape index (κ3) is 2.64. The Morgan fingerprint density at radius 3 is 2.62 bits per heavy atom. The molecule has 3 nitrogen and oxygen atoms in total. The summed E-state index contributed by atoms with van der Waals surface area (Å²) in [5.74, 6) is 0.299. The highest BCUT2D eigenvalue weighted by Crippen LogP contribution is 2.46. The van der Waals surface area contributed by atoms with Crippen LogP contribution in [-0.2, 0) is 4.79 Å². The highest BCUT2D eigenvalue weighted by molar-refractivity contribution is 7.12. The van der Waals surface area contributed by atoms with Crippen molar-refractivity contribution in [3.63, 3.8) is 0 Å². The van der Waals surface area contributed by atoms with Gasteiger partial charge in [-0.25, -0.2) is 0 Å². The summed E-state index contributed by atoms with van der Waals surface area (Å²) in [7, 11) is 0. The van der Waals surface area contributed by atoms with E-state index in [0.717, 1.165) is 13.0 Å². The number of thiophene rings is 1. The molecule has 0 bridgehead atoms. The van der Waals surface area contributed by atoms with Crippen molar-refractivity contribution in [1.82, 2.24) is 10.2 Å². The van der Waals surface area contributed by atoms with E-state index in [1.807, 2.05) is 0 Å². The number of rotatable bonds is 5. The Morgan fingerprint density at radius 1 is 1.38 bits per heavy atom. The molecule has 1 saturated carbocycles. The lowest BCUT2D eigenvalue weighted by molar-refractivity contribution is -0.132. The largest absolute Gasteiger partial charge is 0.320 e. The number of nitrogens with one attached hydrogen (secondary N) is 1. The van der Waals surface area contributed by atoms with Crippen LogP contribution in [0.5, 0.6) is 0 Å². The quantitative estimate of drug-likeness (QED) is 0.896. The summed E-state index contributed by atoms with van der Waals surface area (Å²) < 4.78 is 0. The van der Waals surface area contributed by atoms with Crippen LogP contribution in [0.15, 0.2) is 12.1 Å². The first-order valence-electron chi connectivity index (χ1n) is 8.21. The zero-order valence-corrected chi connectivity index (χ0v) is 14.1. The van der Waals surface area contributed by atoms with Crippen LogP contribution in [0.25, 0.3) is 0 Å². The molecule has 2 atom stereocenters. The Labute approximate surface area is 131 Å². The molecule has 0 aromatic carbocycles. The molecule has 1 aromatic heterocycles. The van der Waals surface area contributed by atoms with Crippen molar-refractivity contribution in [3.8, 4) is 0 Å². The monoisotopic (exact) mass is 306 g/mol. The van der Waals surface area contributed by atoms with E-state index in [9.17, 15) is 4.79 Å². The van der Waals surface area contributed by atoms with Gasteiger partial charge in [-0.15, -0.1) is 11.3 Å². The fraction of sp³-hybridized carbons (Fsp3) is 0.706. The maximum absolute atomic E-state index is 12.7. The standard InChI is InChI=1S/C17H26N2OS/c1-4-13-16(20)19(11-17(5-2)9-6-10-17)15(18-13)14-8-7-12(3)21-14/h7-8,13,15,18H,4-6,9-11H2,1-3H3. The SMILES string of the molecule is CCC1NC(c2ccc(C)s2)N(CC2(CC)CCC2)C1=O. The zero-order valence-electron chi connectivity index (χ0n) is 13.3. The molecule has 4 heteroatoms. The number of carbonyl (C=O) groups excluding carboxylic acids is 1. The lowest BCUT2D eigenvalue weighted by Gasteiger charge is -2.44. The molecule has 3 rings (SSSR count). The van der Waals surface area contributed by atoms with Gasteiger partial charge in [-0.05, 0) is 50.2 Å². The molecule has 1 aliphatic heterocycles. The van der Waals surface area contributed by atoms with Crippen LogP contribution in [0.1, 0.15) is 61.9 Å². The summed E-state index contributed by atoms with van der Waals surface area (Å²) in [6.07, 6.45) is 6.02. The maximum Gasteiger partial charge on any atom is 0.241 e. The minimum atomic E-state index is -0.00797. The molecule has 21 heavy (non-hydrogen) atoms. The van der Waals surface area contributed by atoms with Crippen LogP contribution in [-0.4, -0.2) is 23.4 Å². The van der Waals surface area contributed by atoms with E-state index in [-0.39, 0.29) is 12.2 Å². The molecule has 1 aliphatic carbocycles. The van der Waals surface area contributed by atoms with E-state index in [0.29, 0.717) is 11.3 Å². The summed E-state index contributed by atoms with van der Waals surface area (Å²) in [6.45, 7) is 7.42. The second-order valence-corrected chi connectivity index (χ2v) is 7.97. The van der Waals surface area contributed by atoms with Crippen molar-refractivity contribution in [2.24, 2.45) is 5.41 Å². The number of hydrogen-bond acceptors (Lipinski definition) is 3. The van der Waals surface area contributed by atoms with Crippen molar-refractivity contribution in [3.05, 3.63) is 21.9 Å². The van der Waals surface area contributed by atoms with Crippen molar-refractivity contribution < 1.29 is 4.79 Å². The molecular weight excluding hydrogens is 280 g/mol. The van der Waals surface area contributed by atoms with Crippen molar-refractivity contribution in [2.45, 2.75) is 65.1 Å². The van der Waals surface area contributed by atoms with Gasteiger partial charge in [0.05, 0.1) is 6.04 Å². The average Bonchev–Trinajstić information content (AvgIpc) is 2.98. The first-order chi connectivity index (χ1) is 10.1. The van der Waals surface area contributed by atoms with Gasteiger partial charge in [-0.3, -0.25) is 10.1 Å². The Hall–Kier alpha value is -0.870. The van der Waals surface area contributed by atoms with Gasteiger partial charge in [0.2, 0.25) is 5.91 Å². The third-order valence-electron chi connectivity index (χ3n) is 5.36. The van der Waals surface area contributed by atoms with Gasteiger partial charge in [0.1, 0.15) is 6.17 Å². The molecule has 0 radical (unpaired) electrons. The van der Waals surface area contributed by atoms with E-state index in [2.05, 4.69) is 43.1 Å². The molecular formula is C17H26N2OS.